The fourth-order valence-corrected chi connectivity index (χ4v) is 1.53. The summed E-state index contributed by atoms with van der Waals surface area (Å²) < 4.78 is 73.6. The fourth-order valence-electron chi connectivity index (χ4n) is 1.53. The Kier molecular flexibility index (Phi) is 3.43. The summed E-state index contributed by atoms with van der Waals surface area (Å²) in [6.07, 6.45) is -0.606. The lowest BCUT2D eigenvalue weighted by Crippen LogP contribution is -2.13. The third kappa shape index (κ3) is 2.66. The predicted molar refractivity (Wildman–Crippen MR) is 56.7 cm³/mol. The average molecular weight is 294 g/mol. The highest BCUT2D eigenvalue weighted by Crippen LogP contribution is 2.35. The molecule has 0 amide bonds. The molecular formula is C12H10F4O4. The topological polar surface area (TPSA) is 43.5 Å². The molecule has 0 spiro atoms. The van der Waals surface area contributed by atoms with Crippen LogP contribution in [0.4, 0.5) is 17.6 Å². The minimum Gasteiger partial charge on any atom is -0.485 e. The van der Waals surface area contributed by atoms with Crippen LogP contribution < -0.4 is 9.47 Å². The summed E-state index contributed by atoms with van der Waals surface area (Å²) in [5.74, 6) is -8.73. The van der Waals surface area contributed by atoms with Crippen LogP contribution in [0.1, 0.15) is 0 Å². The first kappa shape index (κ1) is 13.4. The first-order valence-corrected chi connectivity index (χ1v) is 5.92. The second kappa shape index (κ2) is 5.10. The minimum atomic E-state index is -1.63. The molecule has 8 heteroatoms. The lowest BCUT2D eigenvalue weighted by atomic mass is 10.2. The molecule has 0 radical (unpaired) electrons. The predicted octanol–water partition coefficient (Wildman–Crippen LogP) is 1.80. The molecule has 2 aliphatic heterocycles. The van der Waals surface area contributed by atoms with Gasteiger partial charge in [-0.05, 0) is 0 Å². The lowest BCUT2D eigenvalue weighted by molar-refractivity contribution is 0.215. The van der Waals surface area contributed by atoms with Crippen molar-refractivity contribution in [1.29, 1.82) is 0 Å². The molecule has 1 aromatic carbocycles. The van der Waals surface area contributed by atoms with Crippen LogP contribution in [-0.2, 0) is 9.47 Å². The Labute approximate surface area is 111 Å². The van der Waals surface area contributed by atoms with Crippen LogP contribution in [0.15, 0.2) is 0 Å². The normalized spacial score (nSPS) is 23.6. The summed E-state index contributed by atoms with van der Waals surface area (Å²) >= 11 is 0. The zero-order valence-electron chi connectivity index (χ0n) is 10.1. The van der Waals surface area contributed by atoms with E-state index < -0.39 is 34.8 Å². The molecular weight excluding hydrogens is 284 g/mol. The number of ether oxygens (including phenoxy) is 4. The largest absolute Gasteiger partial charge is 0.485 e. The van der Waals surface area contributed by atoms with Crippen LogP contribution in [0.5, 0.6) is 11.5 Å². The van der Waals surface area contributed by atoms with Gasteiger partial charge in [0.25, 0.3) is 0 Å². The number of rotatable bonds is 6. The van der Waals surface area contributed by atoms with E-state index in [0.29, 0.717) is 13.2 Å². The van der Waals surface area contributed by atoms with Crippen molar-refractivity contribution in [3.8, 4) is 11.5 Å². The fraction of sp³-hybridized carbons (Fsp3) is 0.500. The second-order valence-electron chi connectivity index (χ2n) is 4.45. The molecule has 0 aliphatic carbocycles. The summed E-state index contributed by atoms with van der Waals surface area (Å²) in [4.78, 5) is 0. The van der Waals surface area contributed by atoms with Crippen LogP contribution in [0.2, 0.25) is 0 Å². The molecule has 2 heterocycles. The SMILES string of the molecule is Fc1c(F)c(OCC2CO2)c(F)c(F)c1OCC1CO1. The Morgan fingerprint density at radius 2 is 1.05 bits per heavy atom. The Balaban J connectivity index is 1.83. The molecule has 2 atom stereocenters. The molecule has 2 aliphatic rings. The van der Waals surface area contributed by atoms with Crippen LogP contribution in [0.25, 0.3) is 0 Å². The van der Waals surface area contributed by atoms with E-state index in [0.717, 1.165) is 0 Å². The number of hydrogen-bond donors (Lipinski definition) is 0. The first-order valence-electron chi connectivity index (χ1n) is 5.92. The van der Waals surface area contributed by atoms with Gasteiger partial charge in [-0.2, -0.15) is 17.6 Å². The van der Waals surface area contributed by atoms with Crippen molar-refractivity contribution in [3.63, 3.8) is 0 Å². The number of benzene rings is 1. The van der Waals surface area contributed by atoms with Gasteiger partial charge in [-0.25, -0.2) is 0 Å². The van der Waals surface area contributed by atoms with Gasteiger partial charge in [-0.15, -0.1) is 0 Å². The molecule has 1 aromatic rings. The van der Waals surface area contributed by atoms with Crippen LogP contribution in [0.3, 0.4) is 0 Å². The molecule has 0 N–H and O–H groups in total. The van der Waals surface area contributed by atoms with E-state index in [1.165, 1.54) is 0 Å². The highest BCUT2D eigenvalue weighted by molar-refractivity contribution is 5.38. The molecule has 4 nitrogen and oxygen atoms in total. The van der Waals surface area contributed by atoms with E-state index >= 15 is 0 Å². The maximum atomic E-state index is 13.7. The molecule has 110 valence electrons. The molecule has 2 unspecified atom stereocenters. The van der Waals surface area contributed by atoms with Crippen molar-refractivity contribution < 1.29 is 36.5 Å². The molecule has 0 bridgehead atoms. The summed E-state index contributed by atoms with van der Waals surface area (Å²) in [6, 6.07) is 0. The van der Waals surface area contributed by atoms with Gasteiger partial charge in [0.2, 0.25) is 23.3 Å². The molecule has 0 aromatic heterocycles. The first-order chi connectivity index (χ1) is 9.58. The van der Waals surface area contributed by atoms with Crippen LogP contribution >= 0.6 is 0 Å². The summed E-state index contributed by atoms with van der Waals surface area (Å²) in [7, 11) is 0. The van der Waals surface area contributed by atoms with Gasteiger partial charge in [0, 0.05) is 0 Å². The summed E-state index contributed by atoms with van der Waals surface area (Å²) in [5.41, 5.74) is 0. The smallest absolute Gasteiger partial charge is 0.207 e. The van der Waals surface area contributed by atoms with E-state index in [1.807, 2.05) is 0 Å². The van der Waals surface area contributed by atoms with Gasteiger partial charge in [-0.3, -0.25) is 0 Å². The van der Waals surface area contributed by atoms with Gasteiger partial charge in [0.05, 0.1) is 13.2 Å². The van der Waals surface area contributed by atoms with Crippen LogP contribution in [-0.4, -0.2) is 38.6 Å². The summed E-state index contributed by atoms with van der Waals surface area (Å²) in [6.45, 7) is 0.416. The summed E-state index contributed by atoms with van der Waals surface area (Å²) in [5, 5.41) is 0. The van der Waals surface area contributed by atoms with Crippen molar-refractivity contribution in [1.82, 2.24) is 0 Å². The van der Waals surface area contributed by atoms with Crippen molar-refractivity contribution >= 4 is 0 Å². The molecule has 3 rings (SSSR count). The van der Waals surface area contributed by atoms with Crippen molar-refractivity contribution in [2.45, 2.75) is 12.2 Å². The van der Waals surface area contributed by atoms with Crippen molar-refractivity contribution in [3.05, 3.63) is 23.3 Å². The van der Waals surface area contributed by atoms with Crippen molar-refractivity contribution in [2.75, 3.05) is 26.4 Å². The molecule has 2 fully saturated rings. The molecule has 0 saturated carbocycles. The monoisotopic (exact) mass is 294 g/mol. The van der Waals surface area contributed by atoms with E-state index in [4.69, 9.17) is 18.9 Å². The van der Waals surface area contributed by atoms with E-state index in [1.54, 1.807) is 0 Å². The average Bonchev–Trinajstić information content (AvgIpc) is 3.30. The molecule has 20 heavy (non-hydrogen) atoms. The van der Waals surface area contributed by atoms with Gasteiger partial charge in [0.15, 0.2) is 11.5 Å². The Morgan fingerprint density at radius 3 is 1.30 bits per heavy atom. The minimum absolute atomic E-state index is 0.178. The maximum absolute atomic E-state index is 13.7. The van der Waals surface area contributed by atoms with Gasteiger partial charge in [0.1, 0.15) is 25.4 Å². The second-order valence-corrected chi connectivity index (χ2v) is 4.45. The van der Waals surface area contributed by atoms with Crippen molar-refractivity contribution in [2.24, 2.45) is 0 Å². The third-order valence-corrected chi connectivity index (χ3v) is 2.81. The number of halogens is 4. The van der Waals surface area contributed by atoms with Gasteiger partial charge >= 0.3 is 0 Å². The van der Waals surface area contributed by atoms with E-state index in [-0.39, 0.29) is 25.4 Å². The number of epoxide rings is 2. The van der Waals surface area contributed by atoms with E-state index in [2.05, 4.69) is 0 Å². The zero-order valence-corrected chi connectivity index (χ0v) is 10.1. The Hall–Kier alpha value is -1.54. The van der Waals surface area contributed by atoms with Gasteiger partial charge < -0.3 is 18.9 Å². The number of hydrogen-bond acceptors (Lipinski definition) is 4. The van der Waals surface area contributed by atoms with E-state index in [9.17, 15) is 17.6 Å². The quantitative estimate of drug-likeness (QED) is 0.456. The zero-order chi connectivity index (χ0) is 14.3. The Morgan fingerprint density at radius 1 is 0.750 bits per heavy atom. The Bertz CT molecular complexity index is 453. The third-order valence-electron chi connectivity index (χ3n) is 2.81. The highest BCUT2D eigenvalue weighted by Gasteiger charge is 2.32. The standard InChI is InChI=1S/C12H10F4O4/c13-7-9(15)12(20-4-6-2-18-6)10(16)8(14)11(7)19-3-5-1-17-5/h5-6H,1-4H2. The molecule has 2 saturated heterocycles. The maximum Gasteiger partial charge on any atom is 0.207 e. The highest BCUT2D eigenvalue weighted by atomic mass is 19.2. The van der Waals surface area contributed by atoms with Crippen LogP contribution in [0, 0.1) is 23.3 Å². The lowest BCUT2D eigenvalue weighted by Gasteiger charge is -2.12. The van der Waals surface area contributed by atoms with Gasteiger partial charge in [-0.1, -0.05) is 0 Å².